The molecule has 1 aliphatic rings. The molecule has 2 aromatic rings. The summed E-state index contributed by atoms with van der Waals surface area (Å²) in [6, 6.07) is 9.65. The first-order valence-electron chi connectivity index (χ1n) is 9.46. The smallest absolute Gasteiger partial charge is 0.265 e. The van der Waals surface area contributed by atoms with E-state index in [9.17, 15) is 4.79 Å². The predicted molar refractivity (Wildman–Crippen MR) is 111 cm³/mol. The van der Waals surface area contributed by atoms with Gasteiger partial charge in [-0.25, -0.2) is 0 Å². The molecule has 0 saturated carbocycles. The summed E-state index contributed by atoms with van der Waals surface area (Å²) in [4.78, 5) is 14.8. The Morgan fingerprint density at radius 3 is 2.61 bits per heavy atom. The summed E-state index contributed by atoms with van der Waals surface area (Å²) in [6.07, 6.45) is 4.45. The zero-order valence-corrected chi connectivity index (χ0v) is 16.8. The Hall–Kier alpha value is -2.95. The number of ether oxygens (including phenoxy) is 3. The predicted octanol–water partition coefficient (Wildman–Crippen LogP) is 4.10. The third kappa shape index (κ3) is 3.98. The molecule has 0 saturated heterocycles. The van der Waals surface area contributed by atoms with Crippen molar-refractivity contribution in [2.45, 2.75) is 26.2 Å². The number of fused-ring (bicyclic) bond motifs is 1. The summed E-state index contributed by atoms with van der Waals surface area (Å²) in [5, 5.41) is 0. The van der Waals surface area contributed by atoms with Crippen molar-refractivity contribution in [1.29, 1.82) is 0 Å². The fourth-order valence-corrected chi connectivity index (χ4v) is 3.61. The van der Waals surface area contributed by atoms with Crippen LogP contribution in [0.15, 0.2) is 43.0 Å². The van der Waals surface area contributed by atoms with Crippen LogP contribution in [0.25, 0.3) is 0 Å². The molecule has 1 amide bonds. The normalized spacial score (nSPS) is 12.9. The maximum absolute atomic E-state index is 13.0. The SMILES string of the molecule is C=CCc1ccc(OCC(=O)N2CCCc3c(C)ccc(OC)c32)c(OC)c1. The third-order valence-corrected chi connectivity index (χ3v) is 5.04. The minimum Gasteiger partial charge on any atom is -0.495 e. The molecule has 5 nitrogen and oxygen atoms in total. The van der Waals surface area contributed by atoms with Crippen molar-refractivity contribution < 1.29 is 19.0 Å². The molecule has 1 heterocycles. The van der Waals surface area contributed by atoms with Crippen LogP contribution in [0.1, 0.15) is 23.1 Å². The van der Waals surface area contributed by atoms with E-state index < -0.39 is 0 Å². The summed E-state index contributed by atoms with van der Waals surface area (Å²) >= 11 is 0. The van der Waals surface area contributed by atoms with Gasteiger partial charge in [0.2, 0.25) is 0 Å². The lowest BCUT2D eigenvalue weighted by Gasteiger charge is -2.32. The first kappa shape index (κ1) is 19.8. The van der Waals surface area contributed by atoms with Gasteiger partial charge in [0.05, 0.1) is 19.9 Å². The van der Waals surface area contributed by atoms with Crippen molar-refractivity contribution in [2.75, 3.05) is 32.3 Å². The lowest BCUT2D eigenvalue weighted by Crippen LogP contribution is -2.39. The highest BCUT2D eigenvalue weighted by molar-refractivity contribution is 5.97. The Labute approximate surface area is 166 Å². The van der Waals surface area contributed by atoms with E-state index in [1.807, 2.05) is 36.4 Å². The number of methoxy groups -OCH3 is 2. The number of nitrogens with zero attached hydrogens (tertiary/aromatic N) is 1. The van der Waals surface area contributed by atoms with Crippen LogP contribution in [0, 0.1) is 6.92 Å². The van der Waals surface area contributed by atoms with Gasteiger partial charge in [-0.2, -0.15) is 0 Å². The number of carbonyl (C=O) groups excluding carboxylic acids is 1. The molecule has 0 unspecified atom stereocenters. The molecule has 0 spiro atoms. The van der Waals surface area contributed by atoms with Crippen LogP contribution >= 0.6 is 0 Å². The Kier molecular flexibility index (Phi) is 6.24. The van der Waals surface area contributed by atoms with E-state index in [2.05, 4.69) is 13.5 Å². The number of benzene rings is 2. The Bertz CT molecular complexity index is 875. The minimum absolute atomic E-state index is 0.0618. The van der Waals surface area contributed by atoms with Gasteiger partial charge in [0.15, 0.2) is 18.1 Å². The van der Waals surface area contributed by atoms with Crippen molar-refractivity contribution in [3.8, 4) is 17.2 Å². The lowest BCUT2D eigenvalue weighted by molar-refractivity contribution is -0.120. The third-order valence-electron chi connectivity index (χ3n) is 5.04. The molecular formula is C23H27NO4. The number of rotatable bonds is 7. The van der Waals surface area contributed by atoms with Crippen LogP contribution in [-0.2, 0) is 17.6 Å². The Balaban J connectivity index is 1.79. The quantitative estimate of drug-likeness (QED) is 0.678. The van der Waals surface area contributed by atoms with E-state index in [0.717, 1.165) is 36.3 Å². The van der Waals surface area contributed by atoms with Gasteiger partial charge >= 0.3 is 0 Å². The summed E-state index contributed by atoms with van der Waals surface area (Å²) in [5.74, 6) is 1.79. The standard InChI is InChI=1S/C23H27NO4/c1-5-7-17-10-12-19(21(14-17)27-4)28-15-22(25)24-13-6-8-18-16(2)9-11-20(26-3)23(18)24/h5,9-12,14H,1,6-8,13,15H2,2-4H3. The number of allylic oxidation sites excluding steroid dienone is 1. The molecule has 148 valence electrons. The maximum Gasteiger partial charge on any atom is 0.265 e. The van der Waals surface area contributed by atoms with E-state index >= 15 is 0 Å². The van der Waals surface area contributed by atoms with Gasteiger partial charge in [-0.1, -0.05) is 18.2 Å². The number of anilines is 1. The van der Waals surface area contributed by atoms with E-state index in [0.29, 0.717) is 18.0 Å². The molecule has 0 radical (unpaired) electrons. The molecule has 28 heavy (non-hydrogen) atoms. The van der Waals surface area contributed by atoms with Gasteiger partial charge in [0.1, 0.15) is 5.75 Å². The second-order valence-corrected chi connectivity index (χ2v) is 6.83. The van der Waals surface area contributed by atoms with Crippen LogP contribution in [0.4, 0.5) is 5.69 Å². The molecule has 0 aromatic heterocycles. The van der Waals surface area contributed by atoms with E-state index in [-0.39, 0.29) is 12.5 Å². The van der Waals surface area contributed by atoms with Crippen molar-refractivity contribution in [3.05, 3.63) is 59.7 Å². The van der Waals surface area contributed by atoms with Gasteiger partial charge in [-0.3, -0.25) is 4.79 Å². The maximum atomic E-state index is 13.0. The van der Waals surface area contributed by atoms with Crippen molar-refractivity contribution in [2.24, 2.45) is 0 Å². The molecule has 0 atom stereocenters. The highest BCUT2D eigenvalue weighted by Crippen LogP contribution is 2.38. The number of aryl methyl sites for hydroxylation is 1. The number of hydrogen-bond donors (Lipinski definition) is 0. The molecule has 0 fully saturated rings. The first-order valence-corrected chi connectivity index (χ1v) is 9.46. The highest BCUT2D eigenvalue weighted by Gasteiger charge is 2.27. The molecule has 0 bridgehead atoms. The fraction of sp³-hybridized carbons (Fsp3) is 0.348. The second kappa shape index (κ2) is 8.83. The van der Waals surface area contributed by atoms with Gasteiger partial charge in [-0.05, 0) is 61.1 Å². The van der Waals surface area contributed by atoms with Gasteiger partial charge in [-0.15, -0.1) is 6.58 Å². The van der Waals surface area contributed by atoms with Crippen molar-refractivity contribution >= 4 is 11.6 Å². The van der Waals surface area contributed by atoms with Crippen LogP contribution in [0.2, 0.25) is 0 Å². The summed E-state index contributed by atoms with van der Waals surface area (Å²) in [5.41, 5.74) is 4.30. The van der Waals surface area contributed by atoms with Gasteiger partial charge in [0.25, 0.3) is 5.91 Å². The van der Waals surface area contributed by atoms with E-state index in [4.69, 9.17) is 14.2 Å². The van der Waals surface area contributed by atoms with Crippen LogP contribution in [0.5, 0.6) is 17.2 Å². The Morgan fingerprint density at radius 1 is 1.14 bits per heavy atom. The molecule has 2 aromatic carbocycles. The fourth-order valence-electron chi connectivity index (χ4n) is 3.61. The Morgan fingerprint density at radius 2 is 1.89 bits per heavy atom. The summed E-state index contributed by atoms with van der Waals surface area (Å²) in [6.45, 7) is 6.41. The second-order valence-electron chi connectivity index (χ2n) is 6.83. The first-order chi connectivity index (χ1) is 13.6. The molecule has 3 rings (SSSR count). The van der Waals surface area contributed by atoms with Crippen molar-refractivity contribution in [3.63, 3.8) is 0 Å². The molecular weight excluding hydrogens is 354 g/mol. The monoisotopic (exact) mass is 381 g/mol. The van der Waals surface area contributed by atoms with Crippen LogP contribution in [0.3, 0.4) is 0 Å². The van der Waals surface area contributed by atoms with E-state index in [1.165, 1.54) is 11.1 Å². The van der Waals surface area contributed by atoms with Crippen LogP contribution in [-0.4, -0.2) is 33.3 Å². The zero-order valence-electron chi connectivity index (χ0n) is 16.8. The largest absolute Gasteiger partial charge is 0.495 e. The summed E-state index contributed by atoms with van der Waals surface area (Å²) < 4.78 is 16.7. The molecule has 0 N–H and O–H groups in total. The number of hydrogen-bond acceptors (Lipinski definition) is 4. The number of carbonyl (C=O) groups is 1. The molecule has 1 aliphatic heterocycles. The average Bonchev–Trinajstić information content (AvgIpc) is 2.72. The minimum atomic E-state index is -0.0953. The average molecular weight is 381 g/mol. The topological polar surface area (TPSA) is 48.0 Å². The van der Waals surface area contributed by atoms with E-state index in [1.54, 1.807) is 19.1 Å². The zero-order chi connectivity index (χ0) is 20.1. The summed E-state index contributed by atoms with van der Waals surface area (Å²) in [7, 11) is 3.23. The van der Waals surface area contributed by atoms with Crippen molar-refractivity contribution in [1.82, 2.24) is 0 Å². The number of amides is 1. The highest BCUT2D eigenvalue weighted by atomic mass is 16.5. The lowest BCUT2D eigenvalue weighted by atomic mass is 9.96. The van der Waals surface area contributed by atoms with Crippen LogP contribution < -0.4 is 19.1 Å². The van der Waals surface area contributed by atoms with Gasteiger partial charge in [0, 0.05) is 6.54 Å². The molecule has 5 heteroatoms. The van der Waals surface area contributed by atoms with Gasteiger partial charge < -0.3 is 19.1 Å². The molecule has 0 aliphatic carbocycles.